The Hall–Kier alpha value is -2.93. The van der Waals surface area contributed by atoms with E-state index in [1.165, 1.54) is 6.20 Å². The summed E-state index contributed by atoms with van der Waals surface area (Å²) in [7, 11) is 0. The third-order valence-electron chi connectivity index (χ3n) is 3.05. The molecule has 92 valence electrons. The fourth-order valence-electron chi connectivity index (χ4n) is 2.03. The minimum atomic E-state index is 0.204. The molecule has 0 unspecified atom stereocenters. The molecule has 1 aliphatic heterocycles. The molecule has 0 aromatic carbocycles. The molecule has 19 heavy (non-hydrogen) atoms. The van der Waals surface area contributed by atoms with Crippen molar-refractivity contribution in [1.82, 2.24) is 19.7 Å². The largest absolute Gasteiger partial charge is 0.350 e. The normalized spacial score (nSPS) is 14.5. The second-order valence-electron chi connectivity index (χ2n) is 4.22. The van der Waals surface area contributed by atoms with Crippen LogP contribution in [0.4, 0.5) is 5.82 Å². The van der Waals surface area contributed by atoms with Gasteiger partial charge >= 0.3 is 0 Å². The Kier molecular flexibility index (Phi) is 2.58. The fourth-order valence-corrected chi connectivity index (χ4v) is 2.03. The van der Waals surface area contributed by atoms with E-state index in [-0.39, 0.29) is 6.04 Å². The second-order valence-corrected chi connectivity index (χ2v) is 4.22. The molecule has 0 N–H and O–H groups in total. The lowest BCUT2D eigenvalue weighted by atomic mass is 10.1. The van der Waals surface area contributed by atoms with Gasteiger partial charge in [-0.3, -0.25) is 4.68 Å². The van der Waals surface area contributed by atoms with Crippen LogP contribution in [0, 0.1) is 22.7 Å². The van der Waals surface area contributed by atoms with Crippen LogP contribution in [0.2, 0.25) is 0 Å². The molecule has 1 aliphatic rings. The van der Waals surface area contributed by atoms with Crippen molar-refractivity contribution < 1.29 is 0 Å². The van der Waals surface area contributed by atoms with Crippen molar-refractivity contribution in [1.29, 1.82) is 10.5 Å². The fraction of sp³-hybridized carbons (Fsp3) is 0.250. The monoisotopic (exact) mass is 251 g/mol. The van der Waals surface area contributed by atoms with Crippen LogP contribution in [0.15, 0.2) is 24.8 Å². The molecule has 7 heteroatoms. The van der Waals surface area contributed by atoms with Gasteiger partial charge in [0, 0.05) is 31.7 Å². The molecular weight excluding hydrogens is 242 g/mol. The van der Waals surface area contributed by atoms with Gasteiger partial charge in [0.2, 0.25) is 0 Å². The summed E-state index contributed by atoms with van der Waals surface area (Å²) in [5.74, 6) is 0.605. The van der Waals surface area contributed by atoms with Crippen LogP contribution in [0.25, 0.3) is 0 Å². The molecule has 0 bridgehead atoms. The molecule has 2 aromatic rings. The predicted octanol–water partition coefficient (Wildman–Crippen LogP) is 0.478. The summed E-state index contributed by atoms with van der Waals surface area (Å²) in [4.78, 5) is 10.1. The van der Waals surface area contributed by atoms with Crippen molar-refractivity contribution in [3.8, 4) is 12.1 Å². The molecule has 0 saturated carbocycles. The van der Waals surface area contributed by atoms with Gasteiger partial charge in [0.1, 0.15) is 12.1 Å². The Morgan fingerprint density at radius 2 is 1.95 bits per heavy atom. The van der Waals surface area contributed by atoms with Crippen molar-refractivity contribution in [3.05, 3.63) is 36.0 Å². The van der Waals surface area contributed by atoms with Crippen LogP contribution >= 0.6 is 0 Å². The highest BCUT2D eigenvalue weighted by Crippen LogP contribution is 2.27. The van der Waals surface area contributed by atoms with Gasteiger partial charge in [-0.1, -0.05) is 0 Å². The SMILES string of the molecule is N#Cc1cnn(C2CN(c3nccnc3C#N)C2)c1. The molecule has 7 nitrogen and oxygen atoms in total. The lowest BCUT2D eigenvalue weighted by molar-refractivity contribution is 0.365. The number of nitrogens with zero attached hydrogens (tertiary/aromatic N) is 7. The van der Waals surface area contributed by atoms with Crippen LogP contribution in [-0.2, 0) is 0 Å². The Morgan fingerprint density at radius 3 is 2.63 bits per heavy atom. The van der Waals surface area contributed by atoms with E-state index in [9.17, 15) is 0 Å². The van der Waals surface area contributed by atoms with Gasteiger partial charge in [0.05, 0.1) is 17.8 Å². The molecule has 0 spiro atoms. The van der Waals surface area contributed by atoms with E-state index in [1.807, 2.05) is 17.0 Å². The zero-order chi connectivity index (χ0) is 13.2. The van der Waals surface area contributed by atoms with E-state index >= 15 is 0 Å². The molecule has 2 aromatic heterocycles. The Morgan fingerprint density at radius 1 is 1.16 bits per heavy atom. The van der Waals surface area contributed by atoms with Crippen molar-refractivity contribution >= 4 is 5.82 Å². The van der Waals surface area contributed by atoms with E-state index in [1.54, 1.807) is 23.3 Å². The average molecular weight is 251 g/mol. The van der Waals surface area contributed by atoms with E-state index in [0.717, 1.165) is 0 Å². The van der Waals surface area contributed by atoms with Gasteiger partial charge in [0.15, 0.2) is 11.5 Å². The highest BCUT2D eigenvalue weighted by atomic mass is 15.4. The number of anilines is 1. The maximum Gasteiger partial charge on any atom is 0.183 e. The van der Waals surface area contributed by atoms with Crippen LogP contribution < -0.4 is 4.90 Å². The second kappa shape index (κ2) is 4.39. The summed E-state index contributed by atoms with van der Waals surface area (Å²) >= 11 is 0. The van der Waals surface area contributed by atoms with E-state index < -0.39 is 0 Å². The number of rotatable bonds is 2. The summed E-state index contributed by atoms with van der Waals surface area (Å²) in [6.45, 7) is 1.42. The number of aromatic nitrogens is 4. The topological polar surface area (TPSA) is 94.4 Å². The van der Waals surface area contributed by atoms with Gasteiger partial charge in [-0.05, 0) is 0 Å². The van der Waals surface area contributed by atoms with Crippen LogP contribution in [0.5, 0.6) is 0 Å². The molecule has 1 fully saturated rings. The van der Waals surface area contributed by atoms with Gasteiger partial charge in [0.25, 0.3) is 0 Å². The number of hydrogen-bond acceptors (Lipinski definition) is 6. The minimum Gasteiger partial charge on any atom is -0.350 e. The standard InChI is InChI=1S/C12H9N7/c13-3-9-5-17-19(6-9)10-7-18(8-10)12-11(4-14)15-1-2-16-12/h1-2,5-6,10H,7-8H2. The van der Waals surface area contributed by atoms with Crippen LogP contribution in [0.3, 0.4) is 0 Å². The summed E-state index contributed by atoms with van der Waals surface area (Å²) in [6.07, 6.45) is 6.35. The lowest BCUT2D eigenvalue weighted by Gasteiger charge is -2.39. The van der Waals surface area contributed by atoms with E-state index in [0.29, 0.717) is 30.2 Å². The first-order valence-electron chi connectivity index (χ1n) is 5.72. The molecule has 3 heterocycles. The number of nitriles is 2. The third kappa shape index (κ3) is 1.87. The van der Waals surface area contributed by atoms with E-state index in [4.69, 9.17) is 10.5 Å². The smallest absolute Gasteiger partial charge is 0.183 e. The van der Waals surface area contributed by atoms with Crippen molar-refractivity contribution in [2.24, 2.45) is 0 Å². The molecule has 0 radical (unpaired) electrons. The summed E-state index contributed by atoms with van der Waals surface area (Å²) in [6, 6.07) is 4.29. The summed E-state index contributed by atoms with van der Waals surface area (Å²) in [5, 5.41) is 21.9. The first-order chi connectivity index (χ1) is 9.31. The van der Waals surface area contributed by atoms with Gasteiger partial charge in [-0.25, -0.2) is 9.97 Å². The molecular formula is C12H9N7. The quantitative estimate of drug-likeness (QED) is 0.770. The van der Waals surface area contributed by atoms with Crippen LogP contribution in [0.1, 0.15) is 17.3 Å². The predicted molar refractivity (Wildman–Crippen MR) is 64.9 cm³/mol. The summed E-state index contributed by atoms with van der Waals surface area (Å²) in [5.41, 5.74) is 0.884. The van der Waals surface area contributed by atoms with Crippen LogP contribution in [-0.4, -0.2) is 32.8 Å². The molecule has 0 amide bonds. The Bertz CT molecular complexity index is 685. The maximum atomic E-state index is 8.97. The maximum absolute atomic E-state index is 8.97. The average Bonchev–Trinajstić information content (AvgIpc) is 2.86. The first kappa shape index (κ1) is 11.2. The van der Waals surface area contributed by atoms with Crippen molar-refractivity contribution in [2.45, 2.75) is 6.04 Å². The van der Waals surface area contributed by atoms with Crippen molar-refractivity contribution in [3.63, 3.8) is 0 Å². The molecule has 3 rings (SSSR count). The highest BCUT2D eigenvalue weighted by Gasteiger charge is 2.31. The van der Waals surface area contributed by atoms with Crippen molar-refractivity contribution in [2.75, 3.05) is 18.0 Å². The van der Waals surface area contributed by atoms with Gasteiger partial charge in [-0.2, -0.15) is 15.6 Å². The minimum absolute atomic E-state index is 0.204. The zero-order valence-corrected chi connectivity index (χ0v) is 9.93. The lowest BCUT2D eigenvalue weighted by Crippen LogP contribution is -2.48. The third-order valence-corrected chi connectivity index (χ3v) is 3.05. The molecule has 0 atom stereocenters. The Balaban J connectivity index is 1.73. The molecule has 0 aliphatic carbocycles. The van der Waals surface area contributed by atoms with Gasteiger partial charge < -0.3 is 4.90 Å². The number of hydrogen-bond donors (Lipinski definition) is 0. The van der Waals surface area contributed by atoms with E-state index in [2.05, 4.69) is 15.1 Å². The zero-order valence-electron chi connectivity index (χ0n) is 9.93. The first-order valence-corrected chi connectivity index (χ1v) is 5.72. The summed E-state index contributed by atoms with van der Waals surface area (Å²) < 4.78 is 1.78. The van der Waals surface area contributed by atoms with Gasteiger partial charge in [-0.15, -0.1) is 0 Å². The molecule has 1 saturated heterocycles. The highest BCUT2D eigenvalue weighted by molar-refractivity contribution is 5.51. The Labute approximate surface area is 109 Å².